The highest BCUT2D eigenvalue weighted by molar-refractivity contribution is 5.76. The Balaban J connectivity index is 2.01. The minimum absolute atomic E-state index is 0.00971. The van der Waals surface area contributed by atoms with Crippen LogP contribution in [-0.2, 0) is 11.2 Å². The Morgan fingerprint density at radius 2 is 1.89 bits per heavy atom. The predicted molar refractivity (Wildman–Crippen MR) is 93.3 cm³/mol. The number of benzene rings is 2. The van der Waals surface area contributed by atoms with Crippen LogP contribution >= 0.6 is 0 Å². The van der Waals surface area contributed by atoms with E-state index in [0.29, 0.717) is 22.5 Å². The summed E-state index contributed by atoms with van der Waals surface area (Å²) in [5, 5.41) is 4.34. The lowest BCUT2D eigenvalue weighted by Crippen LogP contribution is -2.17. The van der Waals surface area contributed by atoms with Crippen LogP contribution in [0, 0.1) is 6.92 Å². The van der Waals surface area contributed by atoms with Gasteiger partial charge in [-0.1, -0.05) is 30.3 Å². The second-order valence-corrected chi connectivity index (χ2v) is 5.93. The molecule has 0 saturated carbocycles. The molecule has 3 aromatic rings. The van der Waals surface area contributed by atoms with E-state index < -0.39 is 12.3 Å². The van der Waals surface area contributed by atoms with Crippen LogP contribution in [0.25, 0.3) is 16.8 Å². The molecule has 0 aliphatic rings. The lowest BCUT2D eigenvalue weighted by molar-refractivity contribution is -0.274. The molecule has 1 aromatic heterocycles. The molecule has 5 nitrogen and oxygen atoms in total. The van der Waals surface area contributed by atoms with E-state index >= 15 is 0 Å². The number of ether oxygens (including phenoxy) is 1. The minimum atomic E-state index is -4.78. The maximum Gasteiger partial charge on any atom is 0.573 e. The first-order chi connectivity index (χ1) is 12.7. The van der Waals surface area contributed by atoms with E-state index in [9.17, 15) is 18.0 Å². The minimum Gasteiger partial charge on any atom is -0.405 e. The standard InChI is InChI=1S/C19H16F3N3O2/c1-12-9-14(11-18(23)26)24-25(12)15-6-4-5-13(10-15)16-7-2-3-8-17(16)27-19(20,21)22/h2-10H,11H2,1H3,(H2,23,26). The highest BCUT2D eigenvalue weighted by atomic mass is 19.4. The number of amides is 1. The molecule has 0 fully saturated rings. The molecule has 2 N–H and O–H groups in total. The summed E-state index contributed by atoms with van der Waals surface area (Å²) >= 11 is 0. The fourth-order valence-electron chi connectivity index (χ4n) is 2.79. The molecule has 1 heterocycles. The molecule has 0 bridgehead atoms. The number of carbonyl (C=O) groups is 1. The van der Waals surface area contributed by atoms with Crippen LogP contribution < -0.4 is 10.5 Å². The van der Waals surface area contributed by atoms with E-state index in [0.717, 1.165) is 5.69 Å². The molecule has 0 saturated heterocycles. The highest BCUT2D eigenvalue weighted by Crippen LogP contribution is 2.34. The average Bonchev–Trinajstić information content (AvgIpc) is 2.93. The first-order valence-electron chi connectivity index (χ1n) is 8.02. The van der Waals surface area contributed by atoms with Crippen LogP contribution in [-0.4, -0.2) is 22.1 Å². The lowest BCUT2D eigenvalue weighted by Gasteiger charge is -2.14. The van der Waals surface area contributed by atoms with Crippen molar-refractivity contribution < 1.29 is 22.7 Å². The smallest absolute Gasteiger partial charge is 0.405 e. The van der Waals surface area contributed by atoms with Crippen molar-refractivity contribution in [2.24, 2.45) is 5.73 Å². The topological polar surface area (TPSA) is 70.1 Å². The second-order valence-electron chi connectivity index (χ2n) is 5.93. The SMILES string of the molecule is Cc1cc(CC(N)=O)nn1-c1cccc(-c2ccccc2OC(F)(F)F)c1. The Kier molecular flexibility index (Phi) is 4.89. The maximum absolute atomic E-state index is 12.7. The van der Waals surface area contributed by atoms with Gasteiger partial charge in [-0.2, -0.15) is 5.10 Å². The van der Waals surface area contributed by atoms with Gasteiger partial charge in [-0.15, -0.1) is 13.2 Å². The van der Waals surface area contributed by atoms with Crippen molar-refractivity contribution in [2.75, 3.05) is 0 Å². The Bertz CT molecular complexity index is 980. The van der Waals surface area contributed by atoms with Crippen molar-refractivity contribution in [1.29, 1.82) is 0 Å². The molecule has 0 radical (unpaired) electrons. The van der Waals surface area contributed by atoms with Crippen molar-refractivity contribution >= 4 is 5.91 Å². The van der Waals surface area contributed by atoms with Gasteiger partial charge in [0, 0.05) is 11.3 Å². The molecule has 1 amide bonds. The van der Waals surface area contributed by atoms with E-state index in [4.69, 9.17) is 5.73 Å². The van der Waals surface area contributed by atoms with Crippen molar-refractivity contribution in [3.05, 3.63) is 66.0 Å². The van der Waals surface area contributed by atoms with Gasteiger partial charge >= 0.3 is 6.36 Å². The van der Waals surface area contributed by atoms with E-state index in [1.54, 1.807) is 47.1 Å². The number of rotatable bonds is 5. The summed E-state index contributed by atoms with van der Waals surface area (Å²) in [5.74, 6) is -0.777. The molecule has 0 aliphatic carbocycles. The maximum atomic E-state index is 12.7. The van der Waals surface area contributed by atoms with Gasteiger partial charge in [-0.25, -0.2) is 4.68 Å². The zero-order valence-electron chi connectivity index (χ0n) is 14.3. The molecule has 140 valence electrons. The number of nitrogens with two attached hydrogens (primary N) is 1. The number of alkyl halides is 3. The van der Waals surface area contributed by atoms with Gasteiger partial charge in [0.1, 0.15) is 5.75 Å². The van der Waals surface area contributed by atoms with E-state index in [1.807, 2.05) is 6.92 Å². The number of carbonyl (C=O) groups excluding carboxylic acids is 1. The molecular weight excluding hydrogens is 359 g/mol. The zero-order chi connectivity index (χ0) is 19.6. The van der Waals surface area contributed by atoms with Gasteiger partial charge in [0.25, 0.3) is 0 Å². The third-order valence-electron chi connectivity index (χ3n) is 3.81. The molecule has 0 aliphatic heterocycles. The summed E-state index contributed by atoms with van der Waals surface area (Å²) in [6, 6.07) is 14.5. The summed E-state index contributed by atoms with van der Waals surface area (Å²) < 4.78 is 43.7. The number of aromatic nitrogens is 2. The molecule has 0 atom stereocenters. The molecule has 0 spiro atoms. The van der Waals surface area contributed by atoms with Gasteiger partial charge in [-0.3, -0.25) is 4.79 Å². The third kappa shape index (κ3) is 4.46. The zero-order valence-corrected chi connectivity index (χ0v) is 14.3. The fraction of sp³-hybridized carbons (Fsp3) is 0.158. The third-order valence-corrected chi connectivity index (χ3v) is 3.81. The fourth-order valence-corrected chi connectivity index (χ4v) is 2.79. The summed E-state index contributed by atoms with van der Waals surface area (Å²) in [6.07, 6.45) is -4.77. The van der Waals surface area contributed by atoms with Gasteiger partial charge in [-0.05, 0) is 36.8 Å². The van der Waals surface area contributed by atoms with E-state index in [-0.39, 0.29) is 12.2 Å². The molecule has 0 unspecified atom stereocenters. The Hall–Kier alpha value is -3.29. The Morgan fingerprint density at radius 3 is 2.59 bits per heavy atom. The Labute approximate surface area is 153 Å². The number of para-hydroxylation sites is 1. The van der Waals surface area contributed by atoms with E-state index in [1.165, 1.54) is 12.1 Å². The van der Waals surface area contributed by atoms with Crippen molar-refractivity contribution in [2.45, 2.75) is 19.7 Å². The second kappa shape index (κ2) is 7.14. The molecule has 3 rings (SSSR count). The highest BCUT2D eigenvalue weighted by Gasteiger charge is 2.32. The van der Waals surface area contributed by atoms with Crippen molar-refractivity contribution in [1.82, 2.24) is 9.78 Å². The molecule has 8 heteroatoms. The van der Waals surface area contributed by atoms with E-state index in [2.05, 4.69) is 9.84 Å². The number of aryl methyl sites for hydroxylation is 1. The van der Waals surface area contributed by atoms with Crippen LogP contribution in [0.4, 0.5) is 13.2 Å². The van der Waals surface area contributed by atoms with Crippen molar-refractivity contribution in [3.8, 4) is 22.6 Å². The quantitative estimate of drug-likeness (QED) is 0.738. The van der Waals surface area contributed by atoms with Crippen LogP contribution in [0.15, 0.2) is 54.6 Å². The summed E-state index contributed by atoms with van der Waals surface area (Å²) in [7, 11) is 0. The van der Waals surface area contributed by atoms with Crippen LogP contribution in [0.1, 0.15) is 11.4 Å². The van der Waals surface area contributed by atoms with Crippen LogP contribution in [0.2, 0.25) is 0 Å². The van der Waals surface area contributed by atoms with Crippen molar-refractivity contribution in [3.63, 3.8) is 0 Å². The first-order valence-corrected chi connectivity index (χ1v) is 8.02. The lowest BCUT2D eigenvalue weighted by atomic mass is 10.0. The normalized spacial score (nSPS) is 11.4. The molecule has 2 aromatic carbocycles. The number of nitrogens with zero attached hydrogens (tertiary/aromatic N) is 2. The Morgan fingerprint density at radius 1 is 1.15 bits per heavy atom. The number of hydrogen-bond donors (Lipinski definition) is 1. The molecule has 27 heavy (non-hydrogen) atoms. The number of halogens is 3. The van der Waals surface area contributed by atoms with Crippen LogP contribution in [0.5, 0.6) is 5.75 Å². The van der Waals surface area contributed by atoms with Crippen LogP contribution in [0.3, 0.4) is 0 Å². The largest absolute Gasteiger partial charge is 0.573 e. The number of hydrogen-bond acceptors (Lipinski definition) is 3. The van der Waals surface area contributed by atoms with Gasteiger partial charge in [0.15, 0.2) is 0 Å². The average molecular weight is 375 g/mol. The summed E-state index contributed by atoms with van der Waals surface area (Å²) in [5.41, 5.74) is 7.97. The first kappa shape index (κ1) is 18.5. The summed E-state index contributed by atoms with van der Waals surface area (Å²) in [6.45, 7) is 1.81. The van der Waals surface area contributed by atoms with Gasteiger partial charge < -0.3 is 10.5 Å². The summed E-state index contributed by atoms with van der Waals surface area (Å²) in [4.78, 5) is 11.1. The van der Waals surface area contributed by atoms with Gasteiger partial charge in [0.2, 0.25) is 5.91 Å². The molecular formula is C19H16F3N3O2. The van der Waals surface area contributed by atoms with Gasteiger partial charge in [0.05, 0.1) is 17.8 Å². The number of primary amides is 1. The predicted octanol–water partition coefficient (Wildman–Crippen LogP) is 3.77. The monoisotopic (exact) mass is 375 g/mol.